The van der Waals surface area contributed by atoms with E-state index in [1.54, 1.807) is 0 Å². The van der Waals surface area contributed by atoms with E-state index in [1.807, 2.05) is 18.2 Å². The molecule has 0 radical (unpaired) electrons. The lowest BCUT2D eigenvalue weighted by atomic mass is 9.90. The summed E-state index contributed by atoms with van der Waals surface area (Å²) >= 11 is 0. The minimum absolute atomic E-state index is 0.278. The van der Waals surface area contributed by atoms with Gasteiger partial charge in [-0.2, -0.15) is 0 Å². The van der Waals surface area contributed by atoms with Gasteiger partial charge in [-0.05, 0) is 48.9 Å². The third-order valence-electron chi connectivity index (χ3n) is 3.19. The van der Waals surface area contributed by atoms with Crippen LogP contribution in [0.5, 0.6) is 5.75 Å². The van der Waals surface area contributed by atoms with Crippen LogP contribution in [-0.2, 0) is 6.42 Å². The van der Waals surface area contributed by atoms with E-state index in [2.05, 4.69) is 13.8 Å². The molecule has 1 aliphatic carbocycles. The Labute approximate surface area is 103 Å². The molecule has 0 heterocycles. The first-order chi connectivity index (χ1) is 8.16. The second-order valence-corrected chi connectivity index (χ2v) is 5.13. The minimum atomic E-state index is 0.278. The Bertz CT molecular complexity index is 407. The van der Waals surface area contributed by atoms with E-state index in [-0.39, 0.29) is 5.78 Å². The van der Waals surface area contributed by atoms with Crippen molar-refractivity contribution in [1.82, 2.24) is 0 Å². The van der Waals surface area contributed by atoms with E-state index < -0.39 is 0 Å². The molecule has 0 fully saturated rings. The molecule has 2 heteroatoms. The molecule has 0 aliphatic heterocycles. The average Bonchev–Trinajstić information content (AvgIpc) is 2.29. The van der Waals surface area contributed by atoms with Crippen LogP contribution in [0.2, 0.25) is 0 Å². The summed E-state index contributed by atoms with van der Waals surface area (Å²) < 4.78 is 5.71. The van der Waals surface area contributed by atoms with Gasteiger partial charge in [-0.25, -0.2) is 0 Å². The van der Waals surface area contributed by atoms with E-state index in [9.17, 15) is 4.79 Å². The first kappa shape index (κ1) is 12.2. The van der Waals surface area contributed by atoms with E-state index in [0.717, 1.165) is 42.7 Å². The fourth-order valence-corrected chi connectivity index (χ4v) is 2.13. The first-order valence-electron chi connectivity index (χ1n) is 6.46. The van der Waals surface area contributed by atoms with E-state index >= 15 is 0 Å². The van der Waals surface area contributed by atoms with Gasteiger partial charge in [0.1, 0.15) is 5.75 Å². The van der Waals surface area contributed by atoms with Gasteiger partial charge in [0.15, 0.2) is 5.78 Å². The van der Waals surface area contributed by atoms with Gasteiger partial charge in [0, 0.05) is 12.0 Å². The normalized spacial score (nSPS) is 14.9. The average molecular weight is 232 g/mol. The van der Waals surface area contributed by atoms with Gasteiger partial charge in [-0.15, -0.1) is 0 Å². The van der Waals surface area contributed by atoms with Crippen LogP contribution in [0.3, 0.4) is 0 Å². The molecular weight excluding hydrogens is 212 g/mol. The predicted molar refractivity (Wildman–Crippen MR) is 68.7 cm³/mol. The van der Waals surface area contributed by atoms with Crippen molar-refractivity contribution in [3.63, 3.8) is 0 Å². The fourth-order valence-electron chi connectivity index (χ4n) is 2.13. The highest BCUT2D eigenvalue weighted by molar-refractivity contribution is 5.98. The van der Waals surface area contributed by atoms with Crippen molar-refractivity contribution in [3.05, 3.63) is 29.3 Å². The number of fused-ring (bicyclic) bond motifs is 1. The number of ketones is 1. The molecule has 0 N–H and O–H groups in total. The van der Waals surface area contributed by atoms with Crippen molar-refractivity contribution in [2.75, 3.05) is 6.61 Å². The number of rotatable bonds is 4. The molecule has 92 valence electrons. The van der Waals surface area contributed by atoms with E-state index in [4.69, 9.17) is 4.74 Å². The Morgan fingerprint density at radius 1 is 1.29 bits per heavy atom. The number of benzene rings is 1. The summed E-state index contributed by atoms with van der Waals surface area (Å²) in [5.74, 6) is 1.84. The quantitative estimate of drug-likeness (QED) is 0.792. The van der Waals surface area contributed by atoms with Crippen molar-refractivity contribution in [2.45, 2.75) is 39.5 Å². The summed E-state index contributed by atoms with van der Waals surface area (Å²) in [6.07, 6.45) is 3.74. The van der Waals surface area contributed by atoms with Crippen LogP contribution in [-0.4, -0.2) is 12.4 Å². The van der Waals surface area contributed by atoms with Gasteiger partial charge in [0.05, 0.1) is 6.61 Å². The SMILES string of the molecule is CC(C)CCOc1ccc2c(c1)CCCC2=O. The monoisotopic (exact) mass is 232 g/mol. The van der Waals surface area contributed by atoms with Crippen molar-refractivity contribution in [3.8, 4) is 5.75 Å². The van der Waals surface area contributed by atoms with Crippen LogP contribution in [0.15, 0.2) is 18.2 Å². The van der Waals surface area contributed by atoms with Crippen LogP contribution >= 0.6 is 0 Å². The van der Waals surface area contributed by atoms with Crippen molar-refractivity contribution in [2.24, 2.45) is 5.92 Å². The Hall–Kier alpha value is -1.31. The van der Waals surface area contributed by atoms with Gasteiger partial charge in [0.2, 0.25) is 0 Å². The molecule has 0 bridgehead atoms. The molecule has 0 amide bonds. The standard InChI is InChI=1S/C15H20O2/c1-11(2)8-9-17-13-6-7-14-12(10-13)4-3-5-15(14)16/h6-7,10-11H,3-5,8-9H2,1-2H3. The number of aryl methyl sites for hydroxylation is 1. The van der Waals surface area contributed by atoms with Gasteiger partial charge < -0.3 is 4.74 Å². The highest BCUT2D eigenvalue weighted by atomic mass is 16.5. The maximum absolute atomic E-state index is 11.7. The molecule has 0 aromatic heterocycles. The summed E-state index contributed by atoms with van der Waals surface area (Å²) in [5, 5.41) is 0. The summed E-state index contributed by atoms with van der Waals surface area (Å²) in [5.41, 5.74) is 2.05. The highest BCUT2D eigenvalue weighted by Crippen LogP contribution is 2.25. The summed E-state index contributed by atoms with van der Waals surface area (Å²) in [6.45, 7) is 5.13. The van der Waals surface area contributed by atoms with Gasteiger partial charge in [-0.1, -0.05) is 13.8 Å². The predicted octanol–water partition coefficient (Wildman–Crippen LogP) is 3.63. The van der Waals surface area contributed by atoms with Crippen LogP contribution < -0.4 is 4.74 Å². The summed E-state index contributed by atoms with van der Waals surface area (Å²) in [6, 6.07) is 5.87. The molecule has 1 aromatic carbocycles. The molecule has 0 saturated carbocycles. The Kier molecular flexibility index (Phi) is 3.82. The summed E-state index contributed by atoms with van der Waals surface area (Å²) in [7, 11) is 0. The van der Waals surface area contributed by atoms with Crippen molar-refractivity contribution >= 4 is 5.78 Å². The number of Topliss-reactive ketones (excluding diaryl/α,β-unsaturated/α-hetero) is 1. The first-order valence-corrected chi connectivity index (χ1v) is 6.46. The molecule has 1 aliphatic rings. The van der Waals surface area contributed by atoms with Crippen LogP contribution in [0, 0.1) is 5.92 Å². The number of hydrogen-bond donors (Lipinski definition) is 0. The number of ether oxygens (including phenoxy) is 1. The molecule has 0 unspecified atom stereocenters. The third-order valence-corrected chi connectivity index (χ3v) is 3.19. The molecule has 2 nitrogen and oxygen atoms in total. The van der Waals surface area contributed by atoms with E-state index in [1.165, 1.54) is 0 Å². The smallest absolute Gasteiger partial charge is 0.163 e. The highest BCUT2D eigenvalue weighted by Gasteiger charge is 2.17. The lowest BCUT2D eigenvalue weighted by Crippen LogP contribution is -2.11. The van der Waals surface area contributed by atoms with Crippen LogP contribution in [0.1, 0.15) is 49.0 Å². The Morgan fingerprint density at radius 2 is 2.12 bits per heavy atom. The minimum Gasteiger partial charge on any atom is -0.494 e. The fraction of sp³-hybridized carbons (Fsp3) is 0.533. The second-order valence-electron chi connectivity index (χ2n) is 5.13. The zero-order valence-electron chi connectivity index (χ0n) is 10.7. The zero-order valence-corrected chi connectivity index (χ0v) is 10.7. The van der Waals surface area contributed by atoms with Crippen molar-refractivity contribution < 1.29 is 9.53 Å². The van der Waals surface area contributed by atoms with E-state index in [0.29, 0.717) is 12.3 Å². The molecule has 1 aromatic rings. The molecule has 0 atom stereocenters. The van der Waals surface area contributed by atoms with Crippen LogP contribution in [0.4, 0.5) is 0 Å². The summed E-state index contributed by atoms with van der Waals surface area (Å²) in [4.78, 5) is 11.7. The maximum Gasteiger partial charge on any atom is 0.163 e. The van der Waals surface area contributed by atoms with Gasteiger partial charge in [-0.3, -0.25) is 4.79 Å². The Balaban J connectivity index is 2.03. The molecule has 17 heavy (non-hydrogen) atoms. The lowest BCUT2D eigenvalue weighted by Gasteiger charge is -2.16. The molecular formula is C15H20O2. The molecule has 0 spiro atoms. The second kappa shape index (κ2) is 5.35. The molecule has 0 saturated heterocycles. The van der Waals surface area contributed by atoms with Gasteiger partial charge >= 0.3 is 0 Å². The largest absolute Gasteiger partial charge is 0.494 e. The van der Waals surface area contributed by atoms with Crippen LogP contribution in [0.25, 0.3) is 0 Å². The van der Waals surface area contributed by atoms with Crippen molar-refractivity contribution in [1.29, 1.82) is 0 Å². The topological polar surface area (TPSA) is 26.3 Å². The van der Waals surface area contributed by atoms with Gasteiger partial charge in [0.25, 0.3) is 0 Å². The number of carbonyl (C=O) groups is 1. The lowest BCUT2D eigenvalue weighted by molar-refractivity contribution is 0.0972. The number of hydrogen-bond acceptors (Lipinski definition) is 2. The number of carbonyl (C=O) groups excluding carboxylic acids is 1. The zero-order chi connectivity index (χ0) is 12.3. The maximum atomic E-state index is 11.7. The third kappa shape index (κ3) is 3.09. The molecule has 2 rings (SSSR count). The Morgan fingerprint density at radius 3 is 2.88 bits per heavy atom.